The number of nitrogens with zero attached hydrogens (tertiary/aromatic N) is 3. The first-order valence-corrected chi connectivity index (χ1v) is 4.96. The molecule has 0 saturated carbocycles. The Kier molecular flexibility index (Phi) is 4.32. The van der Waals surface area contributed by atoms with E-state index in [4.69, 9.17) is 0 Å². The number of aromatic nitrogens is 2. The van der Waals surface area contributed by atoms with Crippen LogP contribution in [0.3, 0.4) is 0 Å². The molecule has 0 atom stereocenters. The van der Waals surface area contributed by atoms with Crippen LogP contribution in [0.15, 0.2) is 12.1 Å². The van der Waals surface area contributed by atoms with Gasteiger partial charge in [-0.25, -0.2) is 0 Å². The van der Waals surface area contributed by atoms with E-state index in [2.05, 4.69) is 27.3 Å². The lowest BCUT2D eigenvalue weighted by Crippen LogP contribution is -2.19. The van der Waals surface area contributed by atoms with Crippen molar-refractivity contribution in [2.24, 2.45) is 0 Å². The topological polar surface area (TPSA) is 41.0 Å². The van der Waals surface area contributed by atoms with Gasteiger partial charge in [0.25, 0.3) is 0 Å². The quantitative estimate of drug-likeness (QED) is 0.760. The molecule has 0 aliphatic rings. The Morgan fingerprint density at radius 3 is 2.64 bits per heavy atom. The minimum absolute atomic E-state index is 0.769. The molecule has 0 amide bonds. The van der Waals surface area contributed by atoms with E-state index in [9.17, 15) is 0 Å². The normalized spacial score (nSPS) is 10.2. The van der Waals surface area contributed by atoms with Gasteiger partial charge in [0.05, 0.1) is 5.69 Å². The Bertz CT molecular complexity index is 257. The monoisotopic (exact) mass is 194 g/mol. The van der Waals surface area contributed by atoms with Crippen molar-refractivity contribution >= 4 is 5.82 Å². The van der Waals surface area contributed by atoms with Gasteiger partial charge in [-0.05, 0) is 25.6 Å². The highest BCUT2D eigenvalue weighted by Crippen LogP contribution is 2.07. The van der Waals surface area contributed by atoms with Gasteiger partial charge in [0.15, 0.2) is 5.82 Å². The minimum atomic E-state index is 0.769. The molecule has 0 radical (unpaired) electrons. The summed E-state index contributed by atoms with van der Waals surface area (Å²) in [6.07, 6.45) is 1.12. The van der Waals surface area contributed by atoms with E-state index in [-0.39, 0.29) is 0 Å². The Labute approximate surface area is 85.3 Å². The van der Waals surface area contributed by atoms with Crippen molar-refractivity contribution in [2.75, 3.05) is 25.5 Å². The number of hydrogen-bond donors (Lipinski definition) is 1. The van der Waals surface area contributed by atoms with Crippen LogP contribution in [0.25, 0.3) is 0 Å². The minimum Gasteiger partial charge on any atom is -0.358 e. The number of rotatable bonds is 5. The highest BCUT2D eigenvalue weighted by atomic mass is 15.2. The maximum atomic E-state index is 4.15. The van der Waals surface area contributed by atoms with Crippen molar-refractivity contribution in [3.8, 4) is 0 Å². The smallest absolute Gasteiger partial charge is 0.150 e. The van der Waals surface area contributed by atoms with E-state index < -0.39 is 0 Å². The summed E-state index contributed by atoms with van der Waals surface area (Å²) in [5, 5.41) is 11.3. The van der Waals surface area contributed by atoms with Crippen molar-refractivity contribution in [1.29, 1.82) is 0 Å². The third-order valence-corrected chi connectivity index (χ3v) is 2.01. The SMILES string of the molecule is CCCN(C)c1ccc(CNC)nn1. The molecule has 4 heteroatoms. The average Bonchev–Trinajstić information content (AvgIpc) is 2.20. The van der Waals surface area contributed by atoms with Gasteiger partial charge in [-0.15, -0.1) is 5.10 Å². The van der Waals surface area contributed by atoms with Crippen molar-refractivity contribution < 1.29 is 0 Å². The fraction of sp³-hybridized carbons (Fsp3) is 0.600. The van der Waals surface area contributed by atoms with Crippen molar-refractivity contribution in [3.05, 3.63) is 17.8 Å². The Hall–Kier alpha value is -1.16. The first kappa shape index (κ1) is 10.9. The molecule has 0 aromatic carbocycles. The Balaban J connectivity index is 2.62. The largest absolute Gasteiger partial charge is 0.358 e. The van der Waals surface area contributed by atoms with E-state index >= 15 is 0 Å². The predicted octanol–water partition coefficient (Wildman–Crippen LogP) is 1.04. The third kappa shape index (κ3) is 2.96. The van der Waals surface area contributed by atoms with Gasteiger partial charge in [0.1, 0.15) is 0 Å². The molecule has 0 fully saturated rings. The molecule has 0 unspecified atom stereocenters. The van der Waals surface area contributed by atoms with Crippen LogP contribution in [0, 0.1) is 0 Å². The second-order valence-electron chi connectivity index (χ2n) is 3.33. The summed E-state index contributed by atoms with van der Waals surface area (Å²) in [5.41, 5.74) is 0.973. The van der Waals surface area contributed by atoms with Crippen molar-refractivity contribution in [3.63, 3.8) is 0 Å². The maximum absolute atomic E-state index is 4.15. The second kappa shape index (κ2) is 5.54. The van der Waals surface area contributed by atoms with Gasteiger partial charge in [-0.3, -0.25) is 0 Å². The fourth-order valence-electron chi connectivity index (χ4n) is 1.28. The molecule has 0 bridgehead atoms. The highest BCUT2D eigenvalue weighted by molar-refractivity contribution is 5.35. The molecule has 4 nitrogen and oxygen atoms in total. The van der Waals surface area contributed by atoms with Crippen LogP contribution in [-0.2, 0) is 6.54 Å². The van der Waals surface area contributed by atoms with Crippen LogP contribution in [0.4, 0.5) is 5.82 Å². The lowest BCUT2D eigenvalue weighted by molar-refractivity contribution is 0.755. The average molecular weight is 194 g/mol. The summed E-state index contributed by atoms with van der Waals surface area (Å²) in [6, 6.07) is 4.01. The van der Waals surface area contributed by atoms with E-state index in [0.717, 1.165) is 31.0 Å². The Morgan fingerprint density at radius 1 is 1.36 bits per heavy atom. The lowest BCUT2D eigenvalue weighted by Gasteiger charge is -2.16. The molecule has 1 aromatic heterocycles. The van der Waals surface area contributed by atoms with Gasteiger partial charge < -0.3 is 10.2 Å². The standard InChI is InChI=1S/C10H18N4/c1-4-7-14(3)10-6-5-9(8-11-2)12-13-10/h5-6,11H,4,7-8H2,1-3H3. The molecule has 14 heavy (non-hydrogen) atoms. The van der Waals surface area contributed by atoms with Crippen molar-refractivity contribution in [1.82, 2.24) is 15.5 Å². The highest BCUT2D eigenvalue weighted by Gasteiger charge is 2.01. The summed E-state index contributed by atoms with van der Waals surface area (Å²) in [6.45, 7) is 3.93. The predicted molar refractivity (Wildman–Crippen MR) is 58.4 cm³/mol. The molecular weight excluding hydrogens is 176 g/mol. The summed E-state index contributed by atoms with van der Waals surface area (Å²) in [7, 11) is 3.93. The van der Waals surface area contributed by atoms with Crippen LogP contribution in [-0.4, -0.2) is 30.8 Å². The molecule has 1 rings (SSSR count). The number of nitrogens with one attached hydrogen (secondary N) is 1. The molecule has 0 saturated heterocycles. The lowest BCUT2D eigenvalue weighted by atomic mass is 10.3. The summed E-state index contributed by atoms with van der Waals surface area (Å²) in [5.74, 6) is 0.937. The molecule has 0 aliphatic carbocycles. The molecule has 0 spiro atoms. The zero-order valence-electron chi connectivity index (χ0n) is 9.12. The van der Waals surface area contributed by atoms with Crippen LogP contribution in [0.2, 0.25) is 0 Å². The van der Waals surface area contributed by atoms with Crippen LogP contribution >= 0.6 is 0 Å². The molecule has 1 heterocycles. The van der Waals surface area contributed by atoms with E-state index in [1.165, 1.54) is 0 Å². The van der Waals surface area contributed by atoms with Crippen LogP contribution in [0.1, 0.15) is 19.0 Å². The zero-order valence-corrected chi connectivity index (χ0v) is 9.12. The second-order valence-corrected chi connectivity index (χ2v) is 3.33. The first-order valence-electron chi connectivity index (χ1n) is 4.96. The van der Waals surface area contributed by atoms with Gasteiger partial charge in [-0.1, -0.05) is 6.92 Å². The zero-order chi connectivity index (χ0) is 10.4. The molecule has 0 aliphatic heterocycles. The third-order valence-electron chi connectivity index (χ3n) is 2.01. The number of hydrogen-bond acceptors (Lipinski definition) is 4. The molecule has 1 aromatic rings. The van der Waals surface area contributed by atoms with E-state index in [0.29, 0.717) is 0 Å². The maximum Gasteiger partial charge on any atom is 0.150 e. The van der Waals surface area contributed by atoms with Gasteiger partial charge in [-0.2, -0.15) is 5.10 Å². The fourth-order valence-corrected chi connectivity index (χ4v) is 1.28. The molecule has 78 valence electrons. The van der Waals surface area contributed by atoms with E-state index in [1.54, 1.807) is 0 Å². The Morgan fingerprint density at radius 2 is 2.14 bits per heavy atom. The molecular formula is C10H18N4. The summed E-state index contributed by atoms with van der Waals surface area (Å²) < 4.78 is 0. The summed E-state index contributed by atoms with van der Waals surface area (Å²) >= 11 is 0. The van der Waals surface area contributed by atoms with Gasteiger partial charge in [0, 0.05) is 20.1 Å². The van der Waals surface area contributed by atoms with Gasteiger partial charge in [0.2, 0.25) is 0 Å². The molecule has 1 N–H and O–H groups in total. The first-order chi connectivity index (χ1) is 6.77. The van der Waals surface area contributed by atoms with Crippen LogP contribution in [0.5, 0.6) is 0 Å². The van der Waals surface area contributed by atoms with E-state index in [1.807, 2.05) is 26.2 Å². The van der Waals surface area contributed by atoms with Gasteiger partial charge >= 0.3 is 0 Å². The van der Waals surface area contributed by atoms with Crippen LogP contribution < -0.4 is 10.2 Å². The summed E-state index contributed by atoms with van der Waals surface area (Å²) in [4.78, 5) is 2.11. The van der Waals surface area contributed by atoms with Crippen molar-refractivity contribution in [2.45, 2.75) is 19.9 Å². The number of anilines is 1.